The van der Waals surface area contributed by atoms with Crippen LogP contribution in [0.25, 0.3) is 5.69 Å². The molecule has 0 fully saturated rings. The fourth-order valence-electron chi connectivity index (χ4n) is 2.13. The van der Waals surface area contributed by atoms with E-state index in [1.54, 1.807) is 24.3 Å². The lowest BCUT2D eigenvalue weighted by Gasteiger charge is -2.02. The molecule has 2 aromatic heterocycles. The van der Waals surface area contributed by atoms with Gasteiger partial charge in [-0.3, -0.25) is 14.7 Å². The van der Waals surface area contributed by atoms with E-state index >= 15 is 0 Å². The number of hydrogen-bond acceptors (Lipinski definition) is 4. The summed E-state index contributed by atoms with van der Waals surface area (Å²) in [5, 5.41) is 14.0. The molecule has 3 rings (SSSR count). The predicted octanol–water partition coefficient (Wildman–Crippen LogP) is 1.39. The minimum atomic E-state index is -1.18. The quantitative estimate of drug-likeness (QED) is 0.654. The number of carbonyl (C=O) groups is 2. The van der Waals surface area contributed by atoms with E-state index in [1.807, 2.05) is 6.07 Å². The van der Waals surface area contributed by atoms with E-state index in [2.05, 4.69) is 10.4 Å². The Hall–Kier alpha value is -3.55. The number of amides is 1. The van der Waals surface area contributed by atoms with E-state index < -0.39 is 11.9 Å². The standard InChI is InChI=1S/C16H13N3O5/c20-14-8-12(18-19(14)10-4-2-1-3-5-10)15(21)17-9-11-6-7-13(24-11)16(22)23/h1-8,18H,9H2,(H,17,21)(H,22,23). The molecule has 8 heteroatoms. The SMILES string of the molecule is O=C(NCc1ccc(C(=O)O)o1)c1cc(=O)n(-c2ccccc2)[nH]1. The second kappa shape index (κ2) is 6.29. The Kier molecular flexibility index (Phi) is 4.02. The van der Waals surface area contributed by atoms with E-state index in [9.17, 15) is 14.4 Å². The summed E-state index contributed by atoms with van der Waals surface area (Å²) in [6.45, 7) is 0.00462. The first-order valence-corrected chi connectivity index (χ1v) is 7.02. The molecule has 0 aliphatic rings. The molecule has 0 saturated carbocycles. The third-order valence-corrected chi connectivity index (χ3v) is 3.28. The van der Waals surface area contributed by atoms with Gasteiger partial charge in [0.25, 0.3) is 11.5 Å². The van der Waals surface area contributed by atoms with Gasteiger partial charge in [-0.25, -0.2) is 9.48 Å². The van der Waals surface area contributed by atoms with E-state index in [0.717, 1.165) is 0 Å². The van der Waals surface area contributed by atoms with Crippen LogP contribution in [0.5, 0.6) is 0 Å². The van der Waals surface area contributed by atoms with Crippen molar-refractivity contribution in [3.05, 3.63) is 76.1 Å². The van der Waals surface area contributed by atoms with Crippen LogP contribution < -0.4 is 10.9 Å². The van der Waals surface area contributed by atoms with Gasteiger partial charge < -0.3 is 14.8 Å². The molecule has 1 aromatic carbocycles. The van der Waals surface area contributed by atoms with E-state index in [1.165, 1.54) is 22.9 Å². The molecule has 122 valence electrons. The number of aromatic amines is 1. The molecule has 0 bridgehead atoms. The van der Waals surface area contributed by atoms with Crippen molar-refractivity contribution >= 4 is 11.9 Å². The van der Waals surface area contributed by atoms with Crippen LogP contribution in [0.15, 0.2) is 57.7 Å². The van der Waals surface area contributed by atoms with Gasteiger partial charge in [-0.05, 0) is 24.3 Å². The summed E-state index contributed by atoms with van der Waals surface area (Å²) in [6.07, 6.45) is 0. The molecule has 3 aromatic rings. The van der Waals surface area contributed by atoms with E-state index in [-0.39, 0.29) is 23.6 Å². The van der Waals surface area contributed by atoms with Crippen LogP contribution in [0, 0.1) is 0 Å². The average molecular weight is 327 g/mol. The number of hydrogen-bond donors (Lipinski definition) is 3. The highest BCUT2D eigenvalue weighted by molar-refractivity contribution is 5.92. The lowest BCUT2D eigenvalue weighted by Crippen LogP contribution is -2.23. The van der Waals surface area contributed by atoms with Gasteiger partial charge in [0.05, 0.1) is 12.2 Å². The van der Waals surface area contributed by atoms with Gasteiger partial charge in [-0.1, -0.05) is 18.2 Å². The van der Waals surface area contributed by atoms with Gasteiger partial charge in [-0.2, -0.15) is 0 Å². The maximum atomic E-state index is 12.1. The van der Waals surface area contributed by atoms with Crippen molar-refractivity contribution in [2.75, 3.05) is 0 Å². The van der Waals surface area contributed by atoms with Gasteiger partial charge in [0.1, 0.15) is 11.5 Å². The summed E-state index contributed by atoms with van der Waals surface area (Å²) in [5.74, 6) is -1.60. The first-order valence-electron chi connectivity index (χ1n) is 7.02. The number of aromatic nitrogens is 2. The number of rotatable bonds is 5. The van der Waals surface area contributed by atoms with Crippen LogP contribution in [0.1, 0.15) is 26.8 Å². The Balaban J connectivity index is 1.71. The van der Waals surface area contributed by atoms with Crippen molar-refractivity contribution in [1.29, 1.82) is 0 Å². The number of para-hydroxylation sites is 1. The van der Waals surface area contributed by atoms with Crippen LogP contribution in [0.3, 0.4) is 0 Å². The summed E-state index contributed by atoms with van der Waals surface area (Å²) >= 11 is 0. The van der Waals surface area contributed by atoms with Crippen LogP contribution in [-0.2, 0) is 6.54 Å². The van der Waals surface area contributed by atoms with Gasteiger partial charge in [-0.15, -0.1) is 0 Å². The monoisotopic (exact) mass is 327 g/mol. The second-order valence-corrected chi connectivity index (χ2v) is 4.93. The minimum absolute atomic E-state index is 0.00462. The van der Waals surface area contributed by atoms with Crippen molar-refractivity contribution in [2.24, 2.45) is 0 Å². The molecule has 1 amide bonds. The molecular weight excluding hydrogens is 314 g/mol. The van der Waals surface area contributed by atoms with Crippen molar-refractivity contribution in [3.63, 3.8) is 0 Å². The Morgan fingerprint density at radius 3 is 2.58 bits per heavy atom. The molecule has 3 N–H and O–H groups in total. The van der Waals surface area contributed by atoms with Crippen LogP contribution in [-0.4, -0.2) is 26.8 Å². The molecule has 0 radical (unpaired) electrons. The lowest BCUT2D eigenvalue weighted by atomic mass is 10.3. The Morgan fingerprint density at radius 1 is 1.17 bits per heavy atom. The highest BCUT2D eigenvalue weighted by Crippen LogP contribution is 2.08. The maximum Gasteiger partial charge on any atom is 0.371 e. The third kappa shape index (κ3) is 3.12. The van der Waals surface area contributed by atoms with Crippen LogP contribution in [0.2, 0.25) is 0 Å². The zero-order chi connectivity index (χ0) is 17.1. The van der Waals surface area contributed by atoms with Gasteiger partial charge in [0.2, 0.25) is 5.76 Å². The topological polar surface area (TPSA) is 117 Å². The molecule has 0 aliphatic heterocycles. The zero-order valence-corrected chi connectivity index (χ0v) is 12.4. The lowest BCUT2D eigenvalue weighted by molar-refractivity contribution is 0.0660. The van der Waals surface area contributed by atoms with Crippen LogP contribution in [0.4, 0.5) is 0 Å². The van der Waals surface area contributed by atoms with Crippen molar-refractivity contribution in [1.82, 2.24) is 15.1 Å². The number of benzene rings is 1. The first-order chi connectivity index (χ1) is 11.5. The number of nitrogens with one attached hydrogen (secondary N) is 2. The number of aromatic carboxylic acids is 1. The minimum Gasteiger partial charge on any atom is -0.475 e. The molecule has 24 heavy (non-hydrogen) atoms. The Labute approximate surface area is 135 Å². The molecule has 0 unspecified atom stereocenters. The maximum absolute atomic E-state index is 12.1. The number of carbonyl (C=O) groups excluding carboxylic acids is 1. The van der Waals surface area contributed by atoms with E-state index in [0.29, 0.717) is 11.4 Å². The average Bonchev–Trinajstić information content (AvgIpc) is 3.20. The molecule has 2 heterocycles. The van der Waals surface area contributed by atoms with Crippen molar-refractivity contribution < 1.29 is 19.1 Å². The van der Waals surface area contributed by atoms with Gasteiger partial charge >= 0.3 is 5.97 Å². The predicted molar refractivity (Wildman–Crippen MR) is 83.2 cm³/mol. The normalized spacial score (nSPS) is 10.5. The smallest absolute Gasteiger partial charge is 0.371 e. The number of H-pyrrole nitrogens is 1. The summed E-state index contributed by atoms with van der Waals surface area (Å²) in [7, 11) is 0. The summed E-state index contributed by atoms with van der Waals surface area (Å²) in [6, 6.07) is 12.8. The Bertz CT molecular complexity index is 936. The molecule has 0 spiro atoms. The fourth-order valence-corrected chi connectivity index (χ4v) is 2.13. The van der Waals surface area contributed by atoms with Gasteiger partial charge in [0.15, 0.2) is 0 Å². The third-order valence-electron chi connectivity index (χ3n) is 3.28. The first kappa shape index (κ1) is 15.3. The number of nitrogens with zero attached hydrogens (tertiary/aromatic N) is 1. The number of carboxylic acid groups (broad SMARTS) is 1. The Morgan fingerprint density at radius 2 is 1.92 bits per heavy atom. The molecule has 0 saturated heterocycles. The van der Waals surface area contributed by atoms with Crippen LogP contribution >= 0.6 is 0 Å². The summed E-state index contributed by atoms with van der Waals surface area (Å²) in [5.41, 5.74) is 0.338. The highest BCUT2D eigenvalue weighted by Gasteiger charge is 2.13. The molecule has 8 nitrogen and oxygen atoms in total. The zero-order valence-electron chi connectivity index (χ0n) is 12.4. The number of carboxylic acids is 1. The van der Waals surface area contributed by atoms with Gasteiger partial charge in [0, 0.05) is 6.07 Å². The fraction of sp³-hybridized carbons (Fsp3) is 0.0625. The molecule has 0 atom stereocenters. The van der Waals surface area contributed by atoms with Crippen molar-refractivity contribution in [2.45, 2.75) is 6.54 Å². The second-order valence-electron chi connectivity index (χ2n) is 4.93. The van der Waals surface area contributed by atoms with E-state index in [4.69, 9.17) is 9.52 Å². The van der Waals surface area contributed by atoms with Crippen molar-refractivity contribution in [3.8, 4) is 5.69 Å². The highest BCUT2D eigenvalue weighted by atomic mass is 16.4. The number of furan rings is 1. The largest absolute Gasteiger partial charge is 0.475 e. The molecule has 0 aliphatic carbocycles. The molecular formula is C16H13N3O5. The summed E-state index contributed by atoms with van der Waals surface area (Å²) < 4.78 is 6.29. The summed E-state index contributed by atoms with van der Waals surface area (Å²) in [4.78, 5) is 34.8.